The van der Waals surface area contributed by atoms with Crippen LogP contribution in [0.5, 0.6) is 0 Å². The Bertz CT molecular complexity index is 525. The fraction of sp³-hybridized carbons (Fsp3) is 0.385. The van der Waals surface area contributed by atoms with Gasteiger partial charge in [-0.2, -0.15) is 11.3 Å². The summed E-state index contributed by atoms with van der Waals surface area (Å²) in [6.45, 7) is 4.83. The van der Waals surface area contributed by atoms with E-state index in [9.17, 15) is 0 Å². The van der Waals surface area contributed by atoms with Crippen LogP contribution in [0.3, 0.4) is 0 Å². The van der Waals surface area contributed by atoms with Crippen molar-refractivity contribution in [3.8, 4) is 0 Å². The van der Waals surface area contributed by atoms with Crippen LogP contribution in [0.2, 0.25) is 5.15 Å². The molecule has 0 aliphatic rings. The predicted molar refractivity (Wildman–Crippen MR) is 77.6 cm³/mol. The lowest BCUT2D eigenvalue weighted by Crippen LogP contribution is -2.19. The summed E-state index contributed by atoms with van der Waals surface area (Å²) in [5.41, 5.74) is 2.22. The van der Waals surface area contributed by atoms with Crippen molar-refractivity contribution in [1.82, 2.24) is 9.97 Å². The first-order chi connectivity index (χ1) is 8.61. The van der Waals surface area contributed by atoms with Crippen LogP contribution in [0, 0.1) is 6.92 Å². The number of aryl methyl sites for hydroxylation is 1. The lowest BCUT2D eigenvalue weighted by atomic mass is 10.2. The zero-order valence-electron chi connectivity index (χ0n) is 10.8. The summed E-state index contributed by atoms with van der Waals surface area (Å²) in [4.78, 5) is 10.9. The van der Waals surface area contributed by atoms with Crippen molar-refractivity contribution in [2.75, 3.05) is 11.9 Å². The summed E-state index contributed by atoms with van der Waals surface area (Å²) in [6, 6.07) is 2.13. The number of anilines is 1. The van der Waals surface area contributed by atoms with Gasteiger partial charge in [-0.1, -0.05) is 18.5 Å². The Morgan fingerprint density at radius 1 is 1.39 bits per heavy atom. The first kappa shape index (κ1) is 13.3. The molecule has 0 atom stereocenters. The quantitative estimate of drug-likeness (QED) is 0.800. The molecule has 0 fully saturated rings. The monoisotopic (exact) mass is 281 g/mol. The number of halogens is 1. The second kappa shape index (κ2) is 5.67. The molecule has 0 saturated carbocycles. The van der Waals surface area contributed by atoms with E-state index in [1.807, 2.05) is 20.9 Å². The van der Waals surface area contributed by atoms with Crippen LogP contribution in [0.15, 0.2) is 16.8 Å². The molecule has 2 aromatic rings. The minimum Gasteiger partial charge on any atom is -0.355 e. The molecule has 0 aliphatic carbocycles. The van der Waals surface area contributed by atoms with Gasteiger partial charge >= 0.3 is 0 Å². The van der Waals surface area contributed by atoms with Crippen LogP contribution in [0.25, 0.3) is 0 Å². The van der Waals surface area contributed by atoms with Crippen molar-refractivity contribution in [1.29, 1.82) is 0 Å². The molecule has 2 aromatic heterocycles. The van der Waals surface area contributed by atoms with Crippen molar-refractivity contribution in [2.24, 2.45) is 0 Å². The molecule has 0 amide bonds. The zero-order chi connectivity index (χ0) is 13.1. The number of rotatable bonds is 4. The highest BCUT2D eigenvalue weighted by molar-refractivity contribution is 7.07. The molecule has 18 heavy (non-hydrogen) atoms. The number of thiophene rings is 1. The van der Waals surface area contributed by atoms with Gasteiger partial charge in [0.25, 0.3) is 0 Å². The Morgan fingerprint density at radius 2 is 2.17 bits per heavy atom. The molecule has 0 N–H and O–H groups in total. The number of hydrogen-bond donors (Lipinski definition) is 0. The third-order valence-corrected chi connectivity index (χ3v) is 3.88. The van der Waals surface area contributed by atoms with Crippen LogP contribution in [-0.4, -0.2) is 17.0 Å². The van der Waals surface area contributed by atoms with Gasteiger partial charge in [-0.3, -0.25) is 0 Å². The first-order valence-corrected chi connectivity index (χ1v) is 7.19. The van der Waals surface area contributed by atoms with Gasteiger partial charge in [-0.25, -0.2) is 9.97 Å². The average molecular weight is 282 g/mol. The summed E-state index contributed by atoms with van der Waals surface area (Å²) >= 11 is 7.85. The zero-order valence-corrected chi connectivity index (χ0v) is 12.3. The van der Waals surface area contributed by atoms with E-state index in [4.69, 9.17) is 11.6 Å². The largest absolute Gasteiger partial charge is 0.355 e. The standard InChI is InChI=1S/C13H16ClN3S/c1-4-11-15-12(14)9(2)13(16-11)17(3)7-10-5-6-18-8-10/h5-6,8H,4,7H2,1-3H3. The van der Waals surface area contributed by atoms with E-state index in [-0.39, 0.29) is 0 Å². The second-order valence-electron chi connectivity index (χ2n) is 4.22. The fourth-order valence-electron chi connectivity index (χ4n) is 1.78. The number of nitrogens with zero attached hydrogens (tertiary/aromatic N) is 3. The topological polar surface area (TPSA) is 29.0 Å². The summed E-state index contributed by atoms with van der Waals surface area (Å²) in [7, 11) is 2.03. The van der Waals surface area contributed by atoms with Crippen molar-refractivity contribution < 1.29 is 0 Å². The molecule has 2 rings (SSSR count). The highest BCUT2D eigenvalue weighted by atomic mass is 35.5. The lowest BCUT2D eigenvalue weighted by Gasteiger charge is -2.20. The summed E-state index contributed by atoms with van der Waals surface area (Å²) in [6.07, 6.45) is 0.791. The fourth-order valence-corrected chi connectivity index (χ4v) is 2.62. The third kappa shape index (κ3) is 2.82. The Hall–Kier alpha value is -1.13. The maximum absolute atomic E-state index is 6.15. The van der Waals surface area contributed by atoms with Gasteiger partial charge in [0.15, 0.2) is 0 Å². The summed E-state index contributed by atoms with van der Waals surface area (Å²) in [5.74, 6) is 1.70. The normalized spacial score (nSPS) is 10.7. The molecule has 3 nitrogen and oxygen atoms in total. The van der Waals surface area contributed by atoms with Gasteiger partial charge < -0.3 is 4.90 Å². The molecule has 0 unspecified atom stereocenters. The molecule has 96 valence electrons. The van der Waals surface area contributed by atoms with Gasteiger partial charge in [0.2, 0.25) is 0 Å². The molecule has 0 spiro atoms. The van der Waals surface area contributed by atoms with E-state index in [0.717, 1.165) is 30.2 Å². The number of hydrogen-bond acceptors (Lipinski definition) is 4. The molecule has 0 aromatic carbocycles. The molecule has 0 bridgehead atoms. The van der Waals surface area contributed by atoms with Crippen LogP contribution < -0.4 is 4.90 Å². The van der Waals surface area contributed by atoms with Crippen molar-refractivity contribution in [2.45, 2.75) is 26.8 Å². The van der Waals surface area contributed by atoms with Crippen LogP contribution in [0.4, 0.5) is 5.82 Å². The molecular weight excluding hydrogens is 266 g/mol. The van der Waals surface area contributed by atoms with Gasteiger partial charge in [-0.15, -0.1) is 0 Å². The van der Waals surface area contributed by atoms with Crippen LogP contribution in [0.1, 0.15) is 23.9 Å². The van der Waals surface area contributed by atoms with Gasteiger partial charge in [0.1, 0.15) is 16.8 Å². The molecule has 2 heterocycles. The van der Waals surface area contributed by atoms with E-state index in [1.54, 1.807) is 11.3 Å². The summed E-state index contributed by atoms with van der Waals surface area (Å²) in [5, 5.41) is 4.78. The first-order valence-electron chi connectivity index (χ1n) is 5.87. The molecule has 0 aliphatic heterocycles. The van der Waals surface area contributed by atoms with Crippen LogP contribution in [-0.2, 0) is 13.0 Å². The smallest absolute Gasteiger partial charge is 0.137 e. The van der Waals surface area contributed by atoms with Crippen LogP contribution >= 0.6 is 22.9 Å². The van der Waals surface area contributed by atoms with E-state index >= 15 is 0 Å². The van der Waals surface area contributed by atoms with Gasteiger partial charge in [0.05, 0.1) is 0 Å². The lowest BCUT2D eigenvalue weighted by molar-refractivity contribution is 0.851. The van der Waals surface area contributed by atoms with E-state index in [2.05, 4.69) is 31.7 Å². The Morgan fingerprint density at radius 3 is 2.78 bits per heavy atom. The van der Waals surface area contributed by atoms with Crippen molar-refractivity contribution in [3.63, 3.8) is 0 Å². The average Bonchev–Trinajstić information content (AvgIpc) is 2.85. The Kier molecular flexibility index (Phi) is 4.19. The molecule has 5 heteroatoms. The van der Waals surface area contributed by atoms with Crippen molar-refractivity contribution >= 4 is 28.8 Å². The third-order valence-electron chi connectivity index (χ3n) is 2.78. The predicted octanol–water partition coefficient (Wildman–Crippen LogP) is 3.70. The maximum Gasteiger partial charge on any atom is 0.137 e. The second-order valence-corrected chi connectivity index (χ2v) is 5.36. The van der Waals surface area contributed by atoms with Crippen molar-refractivity contribution in [3.05, 3.63) is 38.9 Å². The van der Waals surface area contributed by atoms with E-state index in [1.165, 1.54) is 5.56 Å². The highest BCUT2D eigenvalue weighted by Gasteiger charge is 2.12. The SMILES string of the molecule is CCc1nc(Cl)c(C)c(N(C)Cc2ccsc2)n1. The van der Waals surface area contributed by atoms with Gasteiger partial charge in [0, 0.05) is 25.6 Å². The minimum atomic E-state index is 0.550. The molecule has 0 radical (unpaired) electrons. The highest BCUT2D eigenvalue weighted by Crippen LogP contribution is 2.24. The van der Waals surface area contributed by atoms with E-state index in [0.29, 0.717) is 5.15 Å². The maximum atomic E-state index is 6.15. The Labute approximate surface area is 116 Å². The molecular formula is C13H16ClN3S. The van der Waals surface area contributed by atoms with Gasteiger partial charge in [-0.05, 0) is 29.3 Å². The minimum absolute atomic E-state index is 0.550. The van der Waals surface area contributed by atoms with E-state index < -0.39 is 0 Å². The summed E-state index contributed by atoms with van der Waals surface area (Å²) < 4.78 is 0. The Balaban J connectivity index is 2.29. The molecule has 0 saturated heterocycles. The number of aromatic nitrogens is 2.